The Morgan fingerprint density at radius 1 is 0.724 bits per heavy atom. The topological polar surface area (TPSA) is 88.1 Å². The molecule has 0 atom stereocenters. The third-order valence-electron chi connectivity index (χ3n) is 3.24. The number of halogens is 6. The van der Waals surface area contributed by atoms with Gasteiger partial charge >= 0.3 is 26.4 Å². The molecule has 0 fully saturated rings. The second kappa shape index (κ2) is 10.3. The first kappa shape index (κ1) is 27.2. The quantitative estimate of drug-likeness (QED) is 0.327. The minimum absolute atomic E-state index is 0.222. The highest BCUT2D eigenvalue weighted by Gasteiger charge is 2.90. The summed E-state index contributed by atoms with van der Waals surface area (Å²) >= 11 is 0. The molecule has 7 nitrogen and oxygen atoms in total. The van der Waals surface area contributed by atoms with Gasteiger partial charge in [0.25, 0.3) is 17.9 Å². The van der Waals surface area contributed by atoms with Gasteiger partial charge in [0.05, 0.1) is 6.61 Å². The van der Waals surface area contributed by atoms with E-state index in [0.717, 1.165) is 20.8 Å². The average Bonchev–Trinajstić information content (AvgIpc) is 2.65. The van der Waals surface area contributed by atoms with Crippen LogP contribution in [0, 0.1) is 0 Å². The number of alkyl halides is 6. The van der Waals surface area contributed by atoms with E-state index in [1.54, 1.807) is 0 Å². The molecule has 0 unspecified atom stereocenters. The molecule has 0 heterocycles. The fraction of sp³-hybridized carbons (Fsp3) is 0.800. The zero-order valence-corrected chi connectivity index (χ0v) is 17.2. The Hall–Kier alpha value is -1.83. The molecular weight excluding hydrogens is 434 g/mol. The Morgan fingerprint density at radius 3 is 1.34 bits per heavy atom. The van der Waals surface area contributed by atoms with Crippen LogP contribution >= 0.6 is 0 Å². The molecule has 0 aromatic rings. The molecule has 0 saturated heterocycles. The average molecular weight is 456 g/mol. The molecule has 0 aromatic heterocycles. The van der Waals surface area contributed by atoms with Crippen molar-refractivity contribution in [3.63, 3.8) is 0 Å². The van der Waals surface area contributed by atoms with Gasteiger partial charge in [0, 0.05) is 19.3 Å². The van der Waals surface area contributed by atoms with Crippen molar-refractivity contribution in [2.24, 2.45) is 0 Å². The van der Waals surface area contributed by atoms with Crippen molar-refractivity contribution >= 4 is 26.7 Å². The van der Waals surface area contributed by atoms with E-state index in [9.17, 15) is 40.7 Å². The largest absolute Gasteiger partial charge is 0.786 e. The van der Waals surface area contributed by atoms with E-state index >= 15 is 0 Å². The predicted octanol–water partition coefficient (Wildman–Crippen LogP) is 3.61. The normalized spacial score (nSPS) is 13.0. The van der Waals surface area contributed by atoms with Crippen molar-refractivity contribution in [2.75, 3.05) is 6.61 Å². The second-order valence-electron chi connectivity index (χ2n) is 5.55. The van der Waals surface area contributed by atoms with E-state index in [4.69, 9.17) is 0 Å². The Bertz CT molecular complexity index is 554. The molecule has 0 aliphatic heterocycles. The predicted molar refractivity (Wildman–Crippen MR) is 86.0 cm³/mol. The van der Waals surface area contributed by atoms with Gasteiger partial charge in [-0.15, -0.1) is 0 Å². The molecule has 0 amide bonds. The molecule has 0 radical (unpaired) electrons. The summed E-state index contributed by atoms with van der Waals surface area (Å²) in [6.07, 6.45) is -8.10. The van der Waals surface area contributed by atoms with Gasteiger partial charge in [-0.2, -0.15) is 26.3 Å². The molecule has 0 saturated carbocycles. The first-order valence-electron chi connectivity index (χ1n) is 8.60. The van der Waals surface area contributed by atoms with Crippen LogP contribution in [0.3, 0.4) is 0 Å². The maximum Gasteiger partial charge on any atom is 0.786 e. The van der Waals surface area contributed by atoms with Crippen LogP contribution in [0.2, 0.25) is 0 Å². The lowest BCUT2D eigenvalue weighted by Gasteiger charge is -2.38. The van der Waals surface area contributed by atoms with Gasteiger partial charge in [0.1, 0.15) is 0 Å². The van der Waals surface area contributed by atoms with Crippen molar-refractivity contribution in [1.82, 2.24) is 0 Å². The minimum Gasteiger partial charge on any atom is -0.452 e. The maximum absolute atomic E-state index is 14.9. The van der Waals surface area contributed by atoms with E-state index in [-0.39, 0.29) is 6.42 Å². The van der Waals surface area contributed by atoms with Crippen LogP contribution in [-0.2, 0) is 32.4 Å². The van der Waals surface area contributed by atoms with Gasteiger partial charge < -0.3 is 18.0 Å². The fourth-order valence-corrected chi connectivity index (χ4v) is 3.99. The van der Waals surface area contributed by atoms with Crippen LogP contribution in [0.1, 0.15) is 53.4 Å². The van der Waals surface area contributed by atoms with Gasteiger partial charge in [-0.25, -0.2) is 0 Å². The molecular formula is C15H22F6O7Si. The van der Waals surface area contributed by atoms with Gasteiger partial charge in [0.2, 0.25) is 0 Å². The molecule has 0 N–H and O–H groups in total. The van der Waals surface area contributed by atoms with Crippen LogP contribution in [0.25, 0.3) is 0 Å². The third kappa shape index (κ3) is 5.84. The Balaban J connectivity index is 6.63. The zero-order chi connectivity index (χ0) is 23.1. The highest BCUT2D eigenvalue weighted by molar-refractivity contribution is 6.68. The number of hydrogen-bond acceptors (Lipinski definition) is 7. The summed E-state index contributed by atoms with van der Waals surface area (Å²) in [5.41, 5.74) is -6.11. The summed E-state index contributed by atoms with van der Waals surface area (Å²) < 4.78 is 102. The van der Waals surface area contributed by atoms with E-state index in [1.165, 1.54) is 6.92 Å². The van der Waals surface area contributed by atoms with Crippen molar-refractivity contribution in [3.05, 3.63) is 0 Å². The fourth-order valence-electron chi connectivity index (χ4n) is 1.62. The molecule has 14 heteroatoms. The summed E-state index contributed by atoms with van der Waals surface area (Å²) in [5.74, 6) is -11.3. The van der Waals surface area contributed by atoms with Crippen LogP contribution in [-0.4, -0.2) is 50.9 Å². The smallest absolute Gasteiger partial charge is 0.452 e. The summed E-state index contributed by atoms with van der Waals surface area (Å²) in [6, 6.07) is 0. The van der Waals surface area contributed by atoms with Crippen molar-refractivity contribution in [2.45, 2.75) is 71.0 Å². The Morgan fingerprint density at radius 2 is 1.07 bits per heavy atom. The number of ether oxygens (including phenoxy) is 1. The van der Waals surface area contributed by atoms with Crippen molar-refractivity contribution in [1.29, 1.82) is 0 Å². The van der Waals surface area contributed by atoms with E-state index in [0.29, 0.717) is 0 Å². The van der Waals surface area contributed by atoms with Gasteiger partial charge in [-0.3, -0.25) is 14.4 Å². The van der Waals surface area contributed by atoms with Gasteiger partial charge in [0.15, 0.2) is 0 Å². The number of carbonyl (C=O) groups excluding carboxylic acids is 3. The molecule has 0 aromatic carbocycles. The SMILES string of the molecule is CCCOC(F)(F)C(F)(F)C(F)(F)[Si](OC(=O)CC)(OC(=O)CC)OC(=O)CC. The van der Waals surface area contributed by atoms with Crippen LogP contribution in [0.4, 0.5) is 26.3 Å². The van der Waals surface area contributed by atoms with Gasteiger partial charge in [-0.1, -0.05) is 27.7 Å². The second-order valence-corrected chi connectivity index (χ2v) is 7.91. The maximum atomic E-state index is 14.9. The van der Waals surface area contributed by atoms with Crippen molar-refractivity contribution in [3.8, 4) is 0 Å². The highest BCUT2D eigenvalue weighted by atomic mass is 28.4. The third-order valence-corrected chi connectivity index (χ3v) is 5.81. The molecule has 29 heavy (non-hydrogen) atoms. The summed E-state index contributed by atoms with van der Waals surface area (Å²) in [6.45, 7) is 3.39. The number of hydrogen-bond donors (Lipinski definition) is 0. The highest BCUT2D eigenvalue weighted by Crippen LogP contribution is 2.51. The van der Waals surface area contributed by atoms with Gasteiger partial charge in [-0.05, 0) is 6.42 Å². The van der Waals surface area contributed by atoms with Crippen LogP contribution < -0.4 is 0 Å². The first-order valence-corrected chi connectivity index (χ1v) is 10.3. The Labute approximate surface area is 164 Å². The molecule has 0 rings (SSSR count). The van der Waals surface area contributed by atoms with E-state index in [2.05, 4.69) is 18.0 Å². The monoisotopic (exact) mass is 456 g/mol. The van der Waals surface area contributed by atoms with Crippen molar-refractivity contribution < 1.29 is 58.7 Å². The molecule has 170 valence electrons. The number of rotatable bonds is 12. The number of carbonyl (C=O) groups is 3. The molecule has 0 bridgehead atoms. The van der Waals surface area contributed by atoms with Crippen LogP contribution in [0.15, 0.2) is 0 Å². The lowest BCUT2D eigenvalue weighted by atomic mass is 10.3. The van der Waals surface area contributed by atoms with Crippen LogP contribution in [0.5, 0.6) is 0 Å². The standard InChI is InChI=1S/C15H22F6O7Si/c1-5-9-25-14(18,19)13(16,17)15(20,21)29(26-10(22)6-2,27-11(23)7-3)28-12(24)8-4/h5-9H2,1-4H3. The lowest BCUT2D eigenvalue weighted by molar-refractivity contribution is -0.389. The van der Waals surface area contributed by atoms with E-state index in [1.807, 2.05) is 0 Å². The molecule has 0 aliphatic rings. The Kier molecular flexibility index (Phi) is 9.62. The summed E-state index contributed by atoms with van der Waals surface area (Å²) in [5, 5.41) is 0. The minimum atomic E-state index is -6.75. The summed E-state index contributed by atoms with van der Waals surface area (Å²) in [7, 11) is -6.75. The lowest BCUT2D eigenvalue weighted by Crippen LogP contribution is -2.73. The zero-order valence-electron chi connectivity index (χ0n) is 16.2. The van der Waals surface area contributed by atoms with E-state index < -0.39 is 70.2 Å². The summed E-state index contributed by atoms with van der Waals surface area (Å²) in [4.78, 5) is 34.8. The molecule has 0 aliphatic carbocycles. The molecule has 0 spiro atoms. The first-order chi connectivity index (χ1) is 13.2.